The predicted molar refractivity (Wildman–Crippen MR) is 113 cm³/mol. The summed E-state index contributed by atoms with van der Waals surface area (Å²) >= 11 is 0. The highest BCUT2D eigenvalue weighted by Crippen LogP contribution is 2.26. The average molecular weight is 409 g/mol. The normalized spacial score (nSPS) is 11.7. The van der Waals surface area contributed by atoms with Gasteiger partial charge in [-0.2, -0.15) is 0 Å². The van der Waals surface area contributed by atoms with Gasteiger partial charge in [-0.05, 0) is 36.8 Å². The van der Waals surface area contributed by atoms with Crippen LogP contribution in [0.2, 0.25) is 0 Å². The fourth-order valence-corrected chi connectivity index (χ4v) is 2.97. The van der Waals surface area contributed by atoms with Gasteiger partial charge in [0, 0.05) is 43.4 Å². The molecule has 3 rings (SSSR count). The maximum atomic E-state index is 12.6. The number of hydrogen-bond donors (Lipinski definition) is 2. The number of benzene rings is 2. The Morgan fingerprint density at radius 1 is 1.27 bits per heavy atom. The number of carbonyl (C=O) groups excluding carboxylic acids is 1. The maximum absolute atomic E-state index is 12.6. The van der Waals surface area contributed by atoms with E-state index in [4.69, 9.17) is 4.74 Å². The molecule has 0 bridgehead atoms. The zero-order valence-corrected chi connectivity index (χ0v) is 16.7. The van der Waals surface area contributed by atoms with Crippen LogP contribution in [0.4, 0.5) is 11.4 Å². The van der Waals surface area contributed by atoms with Gasteiger partial charge in [0.05, 0.1) is 23.9 Å². The van der Waals surface area contributed by atoms with Gasteiger partial charge in [0.1, 0.15) is 5.69 Å². The van der Waals surface area contributed by atoms with Gasteiger partial charge < -0.3 is 19.9 Å². The molecular weight excluding hydrogens is 386 g/mol. The van der Waals surface area contributed by atoms with E-state index in [-0.39, 0.29) is 23.2 Å². The number of hydrogen-bond acceptors (Lipinski definition) is 6. The Morgan fingerprint density at radius 2 is 2.03 bits per heavy atom. The van der Waals surface area contributed by atoms with Gasteiger partial charge in [-0.15, -0.1) is 0 Å². The number of methoxy groups -OCH3 is 1. The van der Waals surface area contributed by atoms with Crippen molar-refractivity contribution in [3.05, 3.63) is 82.4 Å². The first-order valence-corrected chi connectivity index (χ1v) is 9.40. The number of carbonyl (C=O) groups is 1. The second-order valence-corrected chi connectivity index (χ2v) is 6.67. The Bertz CT molecular complexity index is 1000. The highest BCUT2D eigenvalue weighted by molar-refractivity contribution is 5.96. The lowest BCUT2D eigenvalue weighted by atomic mass is 10.1. The van der Waals surface area contributed by atoms with E-state index in [1.165, 1.54) is 12.1 Å². The molecule has 1 atom stereocenters. The van der Waals surface area contributed by atoms with E-state index in [1.54, 1.807) is 25.7 Å². The third kappa shape index (κ3) is 5.00. The number of imidazole rings is 1. The van der Waals surface area contributed by atoms with Gasteiger partial charge in [0.25, 0.3) is 11.6 Å². The minimum atomic E-state index is -0.510. The molecule has 1 aromatic heterocycles. The third-order valence-corrected chi connectivity index (χ3v) is 4.62. The van der Waals surface area contributed by atoms with E-state index in [0.717, 1.165) is 11.3 Å². The number of nitro benzene ring substituents is 1. The second kappa shape index (κ2) is 9.66. The first-order valence-electron chi connectivity index (χ1n) is 9.40. The van der Waals surface area contributed by atoms with Crippen molar-refractivity contribution in [3.63, 3.8) is 0 Å². The number of aromatic nitrogens is 2. The van der Waals surface area contributed by atoms with E-state index in [0.29, 0.717) is 18.8 Å². The smallest absolute Gasteiger partial charge is 0.293 e. The molecule has 9 heteroatoms. The number of anilines is 1. The van der Waals surface area contributed by atoms with E-state index in [2.05, 4.69) is 15.6 Å². The van der Waals surface area contributed by atoms with Crippen LogP contribution < -0.4 is 10.6 Å². The van der Waals surface area contributed by atoms with Crippen LogP contribution in [-0.4, -0.2) is 40.6 Å². The quantitative estimate of drug-likeness (QED) is 0.319. The number of amides is 1. The molecule has 0 spiro atoms. The van der Waals surface area contributed by atoms with Crippen molar-refractivity contribution in [2.45, 2.75) is 13.0 Å². The summed E-state index contributed by atoms with van der Waals surface area (Å²) in [6.07, 6.45) is 5.26. The van der Waals surface area contributed by atoms with Crippen molar-refractivity contribution < 1.29 is 14.5 Å². The standard InChI is InChI=1S/C21H23N5O4/c1-15(16-3-6-18(7-4-16)25-11-9-22-14-25)24-21(27)17-5-8-19(23-10-12-30-2)20(13-17)26(28)29/h3-9,11,13-15,23H,10,12H2,1-2H3,(H,24,27)/t15-/m0/s1. The molecule has 0 radical (unpaired) electrons. The topological polar surface area (TPSA) is 111 Å². The van der Waals surface area contributed by atoms with Crippen molar-refractivity contribution in [1.82, 2.24) is 14.9 Å². The Kier molecular flexibility index (Phi) is 6.76. The lowest BCUT2D eigenvalue weighted by molar-refractivity contribution is -0.384. The van der Waals surface area contributed by atoms with Gasteiger partial charge in [-0.25, -0.2) is 4.98 Å². The Hall–Kier alpha value is -3.72. The summed E-state index contributed by atoms with van der Waals surface area (Å²) in [5, 5.41) is 17.2. The number of nitrogens with one attached hydrogen (secondary N) is 2. The van der Waals surface area contributed by atoms with Gasteiger partial charge in [-0.3, -0.25) is 14.9 Å². The number of ether oxygens (including phenoxy) is 1. The van der Waals surface area contributed by atoms with E-state index in [9.17, 15) is 14.9 Å². The molecule has 1 amide bonds. The molecule has 0 aliphatic rings. The first-order chi connectivity index (χ1) is 14.5. The number of nitro groups is 1. The molecule has 0 aliphatic heterocycles. The third-order valence-electron chi connectivity index (χ3n) is 4.62. The largest absolute Gasteiger partial charge is 0.383 e. The number of rotatable bonds is 9. The highest BCUT2D eigenvalue weighted by Gasteiger charge is 2.19. The van der Waals surface area contributed by atoms with Crippen LogP contribution in [0.5, 0.6) is 0 Å². The molecule has 156 valence electrons. The highest BCUT2D eigenvalue weighted by atomic mass is 16.6. The van der Waals surface area contributed by atoms with Gasteiger partial charge in [-0.1, -0.05) is 12.1 Å². The van der Waals surface area contributed by atoms with Crippen LogP contribution in [0.25, 0.3) is 5.69 Å². The van der Waals surface area contributed by atoms with E-state index < -0.39 is 4.92 Å². The van der Waals surface area contributed by atoms with Crippen molar-refractivity contribution in [2.24, 2.45) is 0 Å². The Morgan fingerprint density at radius 3 is 2.67 bits per heavy atom. The average Bonchev–Trinajstić information content (AvgIpc) is 3.29. The van der Waals surface area contributed by atoms with E-state index in [1.807, 2.05) is 42.0 Å². The fraction of sp³-hybridized carbons (Fsp3) is 0.238. The van der Waals surface area contributed by atoms with Crippen LogP contribution in [0.1, 0.15) is 28.9 Å². The van der Waals surface area contributed by atoms with Crippen molar-refractivity contribution in [2.75, 3.05) is 25.6 Å². The molecule has 0 saturated heterocycles. The van der Waals surface area contributed by atoms with Crippen LogP contribution in [0.3, 0.4) is 0 Å². The molecule has 2 N–H and O–H groups in total. The summed E-state index contributed by atoms with van der Waals surface area (Å²) in [5.41, 5.74) is 2.29. The molecule has 0 unspecified atom stereocenters. The minimum absolute atomic E-state index is 0.156. The summed E-state index contributed by atoms with van der Waals surface area (Å²) in [6, 6.07) is 11.8. The molecule has 3 aromatic rings. The van der Waals surface area contributed by atoms with Gasteiger partial charge in [0.2, 0.25) is 0 Å². The molecule has 0 saturated carbocycles. The Balaban J connectivity index is 1.70. The lowest BCUT2D eigenvalue weighted by Crippen LogP contribution is -2.26. The molecule has 0 fully saturated rings. The van der Waals surface area contributed by atoms with Gasteiger partial charge >= 0.3 is 0 Å². The zero-order chi connectivity index (χ0) is 21.5. The SMILES string of the molecule is COCCNc1ccc(C(=O)N[C@@H](C)c2ccc(-n3ccnc3)cc2)cc1[N+](=O)[O-]. The molecule has 9 nitrogen and oxygen atoms in total. The van der Waals surface area contributed by atoms with Crippen LogP contribution in [0, 0.1) is 10.1 Å². The van der Waals surface area contributed by atoms with E-state index >= 15 is 0 Å². The Labute approximate surface area is 173 Å². The summed E-state index contributed by atoms with van der Waals surface area (Å²) in [4.78, 5) is 27.6. The van der Waals surface area contributed by atoms with Crippen molar-refractivity contribution >= 4 is 17.3 Å². The molecule has 2 aromatic carbocycles. The summed E-state index contributed by atoms with van der Waals surface area (Å²) in [5.74, 6) is -0.382. The fourth-order valence-electron chi connectivity index (χ4n) is 2.97. The van der Waals surface area contributed by atoms with Crippen LogP contribution in [0.15, 0.2) is 61.2 Å². The number of nitrogens with zero attached hydrogens (tertiary/aromatic N) is 3. The summed E-state index contributed by atoms with van der Waals surface area (Å²) in [6.45, 7) is 2.70. The van der Waals surface area contributed by atoms with Crippen molar-refractivity contribution in [3.8, 4) is 5.69 Å². The maximum Gasteiger partial charge on any atom is 0.293 e. The molecule has 1 heterocycles. The molecule has 0 aliphatic carbocycles. The monoisotopic (exact) mass is 409 g/mol. The van der Waals surface area contributed by atoms with Crippen molar-refractivity contribution in [1.29, 1.82) is 0 Å². The van der Waals surface area contributed by atoms with Crippen LogP contribution >= 0.6 is 0 Å². The second-order valence-electron chi connectivity index (χ2n) is 6.67. The summed E-state index contributed by atoms with van der Waals surface area (Å²) in [7, 11) is 1.55. The minimum Gasteiger partial charge on any atom is -0.383 e. The van der Waals surface area contributed by atoms with Gasteiger partial charge in [0.15, 0.2) is 0 Å². The first kappa shape index (κ1) is 21.0. The predicted octanol–water partition coefficient (Wildman–Crippen LogP) is 3.33. The molecule has 30 heavy (non-hydrogen) atoms. The lowest BCUT2D eigenvalue weighted by Gasteiger charge is -2.15. The summed E-state index contributed by atoms with van der Waals surface area (Å²) < 4.78 is 6.82. The zero-order valence-electron chi connectivity index (χ0n) is 16.7. The van der Waals surface area contributed by atoms with Crippen LogP contribution in [-0.2, 0) is 4.74 Å². The molecular formula is C21H23N5O4.